The van der Waals surface area contributed by atoms with Gasteiger partial charge in [-0.1, -0.05) is 12.1 Å². The molecule has 6 nitrogen and oxygen atoms in total. The van der Waals surface area contributed by atoms with Gasteiger partial charge in [0, 0.05) is 50.4 Å². The van der Waals surface area contributed by atoms with Gasteiger partial charge in [0.05, 0.1) is 12.3 Å². The molecule has 1 spiro atoms. The lowest BCUT2D eigenvalue weighted by Crippen LogP contribution is -2.54. The first-order valence-corrected chi connectivity index (χ1v) is 9.87. The fraction of sp³-hybridized carbons (Fsp3) is 0.524. The summed E-state index contributed by atoms with van der Waals surface area (Å²) in [5.74, 6) is 0.195. The van der Waals surface area contributed by atoms with Crippen molar-refractivity contribution in [2.75, 3.05) is 32.8 Å². The molecule has 27 heavy (non-hydrogen) atoms. The second-order valence-electron chi connectivity index (χ2n) is 7.97. The van der Waals surface area contributed by atoms with Gasteiger partial charge in [0.15, 0.2) is 0 Å². The molecule has 1 aromatic heterocycles. The van der Waals surface area contributed by atoms with Crippen LogP contribution in [0, 0.1) is 5.41 Å². The number of amides is 1. The topological polar surface area (TPSA) is 61.6 Å². The van der Waals surface area contributed by atoms with Crippen LogP contribution in [0.5, 0.6) is 0 Å². The normalized spacial score (nSPS) is 23.9. The highest BCUT2D eigenvalue weighted by Gasteiger charge is 2.41. The minimum absolute atomic E-state index is 0.0497. The zero-order valence-electron chi connectivity index (χ0n) is 15.8. The standard InChI is InChI=1S/C21H28N4O2/c26-14-13-24-17-21(9-7-20(24)27)8-1-11-23(16-21)15-18-3-5-19(6-4-18)25-12-2-10-22-25/h2-6,10,12,26H,1,7-9,11,13-17H2/t21-/m1/s1. The number of β-amino-alcohol motifs (C(OH)–C–C–N with tert-alkyl or cyclic N) is 1. The quantitative estimate of drug-likeness (QED) is 0.878. The summed E-state index contributed by atoms with van der Waals surface area (Å²) in [6, 6.07) is 10.5. The Kier molecular flexibility index (Phi) is 5.27. The van der Waals surface area contributed by atoms with E-state index in [9.17, 15) is 9.90 Å². The minimum Gasteiger partial charge on any atom is -0.395 e. The summed E-state index contributed by atoms with van der Waals surface area (Å²) in [5.41, 5.74) is 2.57. The van der Waals surface area contributed by atoms with Crippen LogP contribution in [0.3, 0.4) is 0 Å². The number of hydrogen-bond donors (Lipinski definition) is 1. The van der Waals surface area contributed by atoms with Crippen LogP contribution in [0.25, 0.3) is 5.69 Å². The summed E-state index contributed by atoms with van der Waals surface area (Å²) < 4.78 is 1.87. The van der Waals surface area contributed by atoms with Gasteiger partial charge in [-0.2, -0.15) is 5.10 Å². The third-order valence-electron chi connectivity index (χ3n) is 5.97. The van der Waals surface area contributed by atoms with E-state index in [4.69, 9.17) is 0 Å². The van der Waals surface area contributed by atoms with E-state index in [1.165, 1.54) is 18.4 Å². The maximum Gasteiger partial charge on any atom is 0.222 e. The molecular weight excluding hydrogens is 340 g/mol. The molecule has 0 saturated carbocycles. The highest BCUT2D eigenvalue weighted by Crippen LogP contribution is 2.39. The number of carbonyl (C=O) groups excluding carboxylic acids is 1. The Morgan fingerprint density at radius 1 is 1.15 bits per heavy atom. The van der Waals surface area contributed by atoms with E-state index in [-0.39, 0.29) is 17.9 Å². The summed E-state index contributed by atoms with van der Waals surface area (Å²) in [7, 11) is 0. The molecule has 6 heteroatoms. The molecule has 0 unspecified atom stereocenters. The fourth-order valence-corrected chi connectivity index (χ4v) is 4.64. The lowest BCUT2D eigenvalue weighted by atomic mass is 9.73. The molecule has 0 bridgehead atoms. The van der Waals surface area contributed by atoms with Crippen molar-refractivity contribution >= 4 is 5.91 Å². The van der Waals surface area contributed by atoms with Gasteiger partial charge in [0.2, 0.25) is 5.91 Å². The van der Waals surface area contributed by atoms with Crippen LogP contribution in [0.2, 0.25) is 0 Å². The first-order chi connectivity index (χ1) is 13.2. The average molecular weight is 368 g/mol. The summed E-state index contributed by atoms with van der Waals surface area (Å²) in [6.45, 7) is 4.39. The average Bonchev–Trinajstić information content (AvgIpc) is 3.21. The van der Waals surface area contributed by atoms with Gasteiger partial charge in [-0.15, -0.1) is 0 Å². The van der Waals surface area contributed by atoms with Crippen molar-refractivity contribution in [1.29, 1.82) is 0 Å². The number of piperidine rings is 2. The monoisotopic (exact) mass is 368 g/mol. The maximum absolute atomic E-state index is 12.1. The Bertz CT molecular complexity index is 759. The zero-order valence-corrected chi connectivity index (χ0v) is 15.8. The van der Waals surface area contributed by atoms with E-state index in [0.717, 1.165) is 38.3 Å². The number of likely N-dealkylation sites (tertiary alicyclic amines) is 2. The van der Waals surface area contributed by atoms with E-state index in [1.54, 1.807) is 6.20 Å². The Morgan fingerprint density at radius 3 is 2.74 bits per heavy atom. The van der Waals surface area contributed by atoms with Crippen molar-refractivity contribution in [3.05, 3.63) is 48.3 Å². The predicted octanol–water partition coefficient (Wildman–Crippen LogP) is 2.07. The second kappa shape index (κ2) is 7.82. The summed E-state index contributed by atoms with van der Waals surface area (Å²) in [5, 5.41) is 13.5. The van der Waals surface area contributed by atoms with E-state index in [2.05, 4.69) is 34.3 Å². The van der Waals surface area contributed by atoms with Gasteiger partial charge in [0.1, 0.15) is 0 Å². The molecular formula is C21H28N4O2. The highest BCUT2D eigenvalue weighted by atomic mass is 16.3. The Balaban J connectivity index is 1.40. The molecule has 2 aliphatic rings. The number of hydrogen-bond acceptors (Lipinski definition) is 4. The van der Waals surface area contributed by atoms with Crippen molar-refractivity contribution in [2.45, 2.75) is 32.2 Å². The first kappa shape index (κ1) is 18.2. The number of rotatable bonds is 5. The van der Waals surface area contributed by atoms with E-state index in [1.807, 2.05) is 21.8 Å². The number of aliphatic hydroxyl groups is 1. The first-order valence-electron chi connectivity index (χ1n) is 9.87. The third-order valence-corrected chi connectivity index (χ3v) is 5.97. The zero-order chi connectivity index (χ0) is 18.7. The number of carbonyl (C=O) groups is 1. The van der Waals surface area contributed by atoms with E-state index >= 15 is 0 Å². The van der Waals surface area contributed by atoms with E-state index in [0.29, 0.717) is 13.0 Å². The highest BCUT2D eigenvalue weighted by molar-refractivity contribution is 5.77. The lowest BCUT2D eigenvalue weighted by Gasteiger charge is -2.48. The van der Waals surface area contributed by atoms with Crippen LogP contribution >= 0.6 is 0 Å². The van der Waals surface area contributed by atoms with Gasteiger partial charge in [0.25, 0.3) is 0 Å². The van der Waals surface area contributed by atoms with Crippen molar-refractivity contribution in [3.8, 4) is 5.69 Å². The maximum atomic E-state index is 12.1. The molecule has 2 saturated heterocycles. The molecule has 0 radical (unpaired) electrons. The molecule has 3 heterocycles. The minimum atomic E-state index is 0.0497. The van der Waals surface area contributed by atoms with Crippen LogP contribution in [-0.2, 0) is 11.3 Å². The van der Waals surface area contributed by atoms with Crippen molar-refractivity contribution in [1.82, 2.24) is 19.6 Å². The van der Waals surface area contributed by atoms with Gasteiger partial charge in [-0.3, -0.25) is 9.69 Å². The number of benzene rings is 1. The Labute approximate surface area is 160 Å². The molecule has 1 N–H and O–H groups in total. The van der Waals surface area contributed by atoms with Gasteiger partial charge in [-0.05, 0) is 49.6 Å². The van der Waals surface area contributed by atoms with Gasteiger partial charge >= 0.3 is 0 Å². The molecule has 0 aliphatic carbocycles. The van der Waals surface area contributed by atoms with Crippen molar-refractivity contribution in [3.63, 3.8) is 0 Å². The van der Waals surface area contributed by atoms with Gasteiger partial charge < -0.3 is 10.0 Å². The summed E-state index contributed by atoms with van der Waals surface area (Å²) >= 11 is 0. The third kappa shape index (κ3) is 4.06. The Morgan fingerprint density at radius 2 is 2.00 bits per heavy atom. The number of aliphatic hydroxyl groups excluding tert-OH is 1. The van der Waals surface area contributed by atoms with Crippen LogP contribution in [-0.4, -0.2) is 63.4 Å². The lowest BCUT2D eigenvalue weighted by molar-refractivity contribution is -0.140. The molecule has 2 aliphatic heterocycles. The largest absolute Gasteiger partial charge is 0.395 e. The van der Waals surface area contributed by atoms with Crippen LogP contribution in [0.15, 0.2) is 42.7 Å². The molecule has 2 fully saturated rings. The smallest absolute Gasteiger partial charge is 0.222 e. The SMILES string of the molecule is O=C1CC[C@@]2(CCCN(Cc3ccc(-n4cccn4)cc3)C2)CN1CCO. The van der Waals surface area contributed by atoms with Crippen LogP contribution in [0.4, 0.5) is 0 Å². The molecule has 144 valence electrons. The molecule has 1 amide bonds. The van der Waals surface area contributed by atoms with Crippen molar-refractivity contribution < 1.29 is 9.90 Å². The van der Waals surface area contributed by atoms with Gasteiger partial charge in [-0.25, -0.2) is 4.68 Å². The van der Waals surface area contributed by atoms with Crippen LogP contribution < -0.4 is 0 Å². The van der Waals surface area contributed by atoms with E-state index < -0.39 is 0 Å². The summed E-state index contributed by atoms with van der Waals surface area (Å²) in [4.78, 5) is 16.5. The van der Waals surface area contributed by atoms with Crippen LogP contribution in [0.1, 0.15) is 31.2 Å². The van der Waals surface area contributed by atoms with Crippen molar-refractivity contribution in [2.24, 2.45) is 5.41 Å². The molecule has 2 aromatic rings. The Hall–Kier alpha value is -2.18. The molecule has 1 atom stereocenters. The number of nitrogens with zero attached hydrogens (tertiary/aromatic N) is 4. The summed E-state index contributed by atoms with van der Waals surface area (Å²) in [6.07, 6.45) is 7.68. The fourth-order valence-electron chi connectivity index (χ4n) is 4.64. The number of aromatic nitrogens is 2. The second-order valence-corrected chi connectivity index (χ2v) is 7.97. The molecule has 1 aromatic carbocycles. The predicted molar refractivity (Wildman–Crippen MR) is 103 cm³/mol. The molecule has 4 rings (SSSR count).